The number of benzene rings is 2. The van der Waals surface area contributed by atoms with E-state index in [1.807, 2.05) is 59.9 Å². The van der Waals surface area contributed by atoms with Crippen LogP contribution < -0.4 is 0 Å². The zero-order valence-corrected chi connectivity index (χ0v) is 22.7. The number of nitrogens with zero attached hydrogens (tertiary/aromatic N) is 1. The molecule has 0 aliphatic heterocycles. The van der Waals surface area contributed by atoms with Crippen LogP contribution in [0.3, 0.4) is 0 Å². The molecule has 0 saturated heterocycles. The van der Waals surface area contributed by atoms with E-state index in [1.165, 1.54) is 28.0 Å². The SMILES string of the molecule is CC(C)(C)C(=O)C=C(O)C(C)(C)C.Cc1ccc2ccnc(-c3[c-]cccc3C)c2c1.[Ir]. The monoisotopic (exact) mass is 609 g/mol. The van der Waals surface area contributed by atoms with Gasteiger partial charge in [-0.05, 0) is 29.5 Å². The summed E-state index contributed by atoms with van der Waals surface area (Å²) < 4.78 is 0. The van der Waals surface area contributed by atoms with Gasteiger partial charge in [-0.3, -0.25) is 4.79 Å². The summed E-state index contributed by atoms with van der Waals surface area (Å²) in [5, 5.41) is 12.0. The number of ketones is 1. The number of aliphatic hydroxyl groups is 1. The number of pyridine rings is 1. The van der Waals surface area contributed by atoms with Crippen LogP contribution in [0.4, 0.5) is 0 Å². The number of aryl methyl sites for hydroxylation is 2. The predicted molar refractivity (Wildman–Crippen MR) is 130 cm³/mol. The Hall–Kier alpha value is -2.29. The first-order valence-corrected chi connectivity index (χ1v) is 10.6. The van der Waals surface area contributed by atoms with Crippen LogP contribution in [0.2, 0.25) is 0 Å². The summed E-state index contributed by atoms with van der Waals surface area (Å²) in [6.07, 6.45) is 3.20. The minimum absolute atomic E-state index is 0. The smallest absolute Gasteiger partial charge is 0.164 e. The number of carbonyl (C=O) groups is 1. The molecule has 0 aliphatic rings. The molecule has 32 heavy (non-hydrogen) atoms. The summed E-state index contributed by atoms with van der Waals surface area (Å²) in [6.45, 7) is 15.3. The molecular formula is C28H34IrNO2-. The first-order valence-electron chi connectivity index (χ1n) is 10.6. The van der Waals surface area contributed by atoms with Gasteiger partial charge in [0.2, 0.25) is 0 Å². The molecule has 1 N–H and O–H groups in total. The van der Waals surface area contributed by atoms with Crippen molar-refractivity contribution in [2.45, 2.75) is 55.4 Å². The van der Waals surface area contributed by atoms with Gasteiger partial charge in [0.1, 0.15) is 5.76 Å². The van der Waals surface area contributed by atoms with Crippen molar-refractivity contribution in [2.75, 3.05) is 0 Å². The van der Waals surface area contributed by atoms with Gasteiger partial charge in [-0.1, -0.05) is 72.2 Å². The molecule has 0 fully saturated rings. The van der Waals surface area contributed by atoms with Crippen LogP contribution in [0.5, 0.6) is 0 Å². The van der Waals surface area contributed by atoms with E-state index in [0.717, 1.165) is 11.3 Å². The Morgan fingerprint density at radius 2 is 1.66 bits per heavy atom. The van der Waals surface area contributed by atoms with Gasteiger partial charge >= 0.3 is 0 Å². The number of fused-ring (bicyclic) bond motifs is 1. The Morgan fingerprint density at radius 1 is 1.00 bits per heavy atom. The summed E-state index contributed by atoms with van der Waals surface area (Å²) in [5.41, 5.74) is 3.81. The van der Waals surface area contributed by atoms with E-state index in [9.17, 15) is 9.90 Å². The van der Waals surface area contributed by atoms with Gasteiger partial charge in [0, 0.05) is 43.2 Å². The van der Waals surface area contributed by atoms with E-state index in [2.05, 4.69) is 55.2 Å². The van der Waals surface area contributed by atoms with Crippen molar-refractivity contribution in [3.63, 3.8) is 0 Å². The van der Waals surface area contributed by atoms with Crippen LogP contribution in [0.1, 0.15) is 52.7 Å². The van der Waals surface area contributed by atoms with E-state index in [4.69, 9.17) is 0 Å². The van der Waals surface area contributed by atoms with E-state index >= 15 is 0 Å². The number of rotatable bonds is 2. The Morgan fingerprint density at radius 3 is 2.22 bits per heavy atom. The molecule has 0 saturated carbocycles. The summed E-state index contributed by atoms with van der Waals surface area (Å²) in [6, 6.07) is 17.9. The molecule has 3 nitrogen and oxygen atoms in total. The van der Waals surface area contributed by atoms with Crippen molar-refractivity contribution < 1.29 is 30.0 Å². The molecule has 0 bridgehead atoms. The number of allylic oxidation sites excluding steroid dienone is 2. The van der Waals surface area contributed by atoms with E-state index < -0.39 is 5.41 Å². The average molecular weight is 609 g/mol. The predicted octanol–water partition coefficient (Wildman–Crippen LogP) is 7.41. The molecule has 3 aromatic rings. The fourth-order valence-electron chi connectivity index (χ4n) is 2.81. The van der Waals surface area contributed by atoms with Gasteiger partial charge in [0.15, 0.2) is 5.78 Å². The van der Waals surface area contributed by atoms with Gasteiger partial charge < -0.3 is 10.1 Å². The molecule has 0 amide bonds. The standard InChI is InChI=1S/C17H14N.C11H20O2.Ir/c1-12-7-8-14-9-10-18-17(16(14)11-12)15-6-4-3-5-13(15)2;1-10(2,3)8(12)7-9(13)11(4,5)6;/h3-5,7-11H,1-2H3;7,12H,1-6H3;/q-1;;. The van der Waals surface area contributed by atoms with Gasteiger partial charge in [-0.2, -0.15) is 0 Å². The normalized spacial score (nSPS) is 11.9. The molecule has 4 heteroatoms. The molecule has 1 heterocycles. The molecular weight excluding hydrogens is 575 g/mol. The topological polar surface area (TPSA) is 50.2 Å². The third-order valence-electron chi connectivity index (χ3n) is 5.00. The second kappa shape index (κ2) is 11.0. The molecule has 1 aromatic heterocycles. The van der Waals surface area contributed by atoms with Crippen molar-refractivity contribution in [2.24, 2.45) is 10.8 Å². The molecule has 3 rings (SSSR count). The maximum absolute atomic E-state index is 11.5. The van der Waals surface area contributed by atoms with Crippen molar-refractivity contribution in [3.8, 4) is 11.3 Å². The van der Waals surface area contributed by atoms with Crippen LogP contribution in [0.25, 0.3) is 22.0 Å². The molecule has 0 atom stereocenters. The first-order chi connectivity index (χ1) is 14.3. The summed E-state index contributed by atoms with van der Waals surface area (Å²) in [5.74, 6) is 0.104. The minimum Gasteiger partial charge on any atom is -0.512 e. The van der Waals surface area contributed by atoms with Crippen LogP contribution in [0.15, 0.2) is 60.5 Å². The number of aliphatic hydroxyl groups excluding tert-OH is 1. The number of hydrogen-bond acceptors (Lipinski definition) is 3. The Labute approximate surface area is 206 Å². The largest absolute Gasteiger partial charge is 0.512 e. The second-order valence-electron chi connectivity index (χ2n) is 10.0. The van der Waals surface area contributed by atoms with E-state index in [-0.39, 0.29) is 37.1 Å². The summed E-state index contributed by atoms with van der Waals surface area (Å²) in [7, 11) is 0. The fourth-order valence-corrected chi connectivity index (χ4v) is 2.81. The Bertz CT molecular complexity index is 1100. The molecule has 173 valence electrons. The number of carbonyl (C=O) groups excluding carboxylic acids is 1. The van der Waals surface area contributed by atoms with E-state index in [0.29, 0.717) is 0 Å². The quantitative estimate of drug-likeness (QED) is 0.187. The van der Waals surface area contributed by atoms with Crippen molar-refractivity contribution in [3.05, 3.63) is 77.7 Å². The minimum atomic E-state index is -0.417. The Balaban J connectivity index is 0.000000330. The van der Waals surface area contributed by atoms with Gasteiger partial charge in [-0.15, -0.1) is 35.4 Å². The van der Waals surface area contributed by atoms with Gasteiger partial charge in [0.05, 0.1) is 0 Å². The fraction of sp³-hybridized carbons (Fsp3) is 0.357. The van der Waals surface area contributed by atoms with Crippen LogP contribution >= 0.6 is 0 Å². The molecule has 1 radical (unpaired) electrons. The first kappa shape index (κ1) is 27.7. The zero-order valence-electron chi connectivity index (χ0n) is 20.3. The van der Waals surface area contributed by atoms with Crippen molar-refractivity contribution in [1.29, 1.82) is 0 Å². The number of hydrogen-bond donors (Lipinski definition) is 1. The van der Waals surface area contributed by atoms with Crippen LogP contribution in [-0.4, -0.2) is 15.9 Å². The molecule has 2 aromatic carbocycles. The third-order valence-corrected chi connectivity index (χ3v) is 5.00. The van der Waals surface area contributed by atoms with Crippen molar-refractivity contribution in [1.82, 2.24) is 4.98 Å². The second-order valence-corrected chi connectivity index (χ2v) is 10.0. The maximum atomic E-state index is 11.5. The van der Waals surface area contributed by atoms with Crippen LogP contribution in [0, 0.1) is 30.7 Å². The molecule has 0 spiro atoms. The molecule has 0 aliphatic carbocycles. The van der Waals surface area contributed by atoms with E-state index in [1.54, 1.807) is 0 Å². The maximum Gasteiger partial charge on any atom is 0.164 e. The van der Waals surface area contributed by atoms with Gasteiger partial charge in [-0.25, -0.2) is 0 Å². The molecule has 0 unspecified atom stereocenters. The third kappa shape index (κ3) is 7.39. The zero-order chi connectivity index (χ0) is 23.4. The van der Waals surface area contributed by atoms with Crippen LogP contribution in [-0.2, 0) is 24.9 Å². The average Bonchev–Trinajstić information content (AvgIpc) is 2.67. The summed E-state index contributed by atoms with van der Waals surface area (Å²) in [4.78, 5) is 16.0. The number of aromatic nitrogens is 1. The van der Waals surface area contributed by atoms with Crippen molar-refractivity contribution >= 4 is 16.6 Å². The summed E-state index contributed by atoms with van der Waals surface area (Å²) >= 11 is 0. The Kier molecular flexibility index (Phi) is 9.56. The van der Waals surface area contributed by atoms with Gasteiger partial charge in [0.25, 0.3) is 0 Å².